The van der Waals surface area contributed by atoms with Crippen LogP contribution >= 0.6 is 0 Å². The van der Waals surface area contributed by atoms with Crippen molar-refractivity contribution in [3.05, 3.63) is 42.1 Å². The van der Waals surface area contributed by atoms with Gasteiger partial charge in [0.05, 0.1) is 11.5 Å². The molecular weight excluding hydrogens is 286 g/mol. The van der Waals surface area contributed by atoms with Crippen LogP contribution in [0.15, 0.2) is 42.1 Å². The summed E-state index contributed by atoms with van der Waals surface area (Å²) in [6, 6.07) is 10.2. The van der Waals surface area contributed by atoms with Crippen LogP contribution in [-0.4, -0.2) is 23.0 Å². The second kappa shape index (κ2) is 5.79. The zero-order chi connectivity index (χ0) is 16.7. The first-order valence-corrected chi connectivity index (χ1v) is 8.79. The predicted octanol–water partition coefficient (Wildman–Crippen LogP) is 3.93. The van der Waals surface area contributed by atoms with Gasteiger partial charge in [-0.1, -0.05) is 45.4 Å². The molecule has 23 heavy (non-hydrogen) atoms. The van der Waals surface area contributed by atoms with Crippen LogP contribution in [-0.2, 0) is 4.79 Å². The Hall–Kier alpha value is -1.61. The molecule has 0 radical (unpaired) electrons. The molecule has 1 aromatic rings. The molecular formula is C20H27NO2. The van der Waals surface area contributed by atoms with Gasteiger partial charge in [-0.25, -0.2) is 0 Å². The number of benzene rings is 1. The van der Waals surface area contributed by atoms with Crippen molar-refractivity contribution in [3.63, 3.8) is 0 Å². The fraction of sp³-hybridized carbons (Fsp3) is 0.550. The summed E-state index contributed by atoms with van der Waals surface area (Å²) in [6.07, 6.45) is 4.94. The number of hydrogen-bond donors (Lipinski definition) is 1. The van der Waals surface area contributed by atoms with E-state index in [2.05, 4.69) is 30.9 Å². The lowest BCUT2D eigenvalue weighted by molar-refractivity contribution is -0.147. The van der Waals surface area contributed by atoms with Gasteiger partial charge in [-0.3, -0.25) is 4.79 Å². The Kier molecular flexibility index (Phi) is 4.09. The molecule has 1 fully saturated rings. The maximum atomic E-state index is 12.7. The Balaban J connectivity index is 2.09. The maximum absolute atomic E-state index is 12.7. The molecule has 3 atom stereocenters. The molecule has 1 saturated heterocycles. The standard InChI is InChI=1S/C20H27NO2/c1-4-11-20(23)16(5-2)17(22)14-18-19(20,3)12-13-21(18)15-9-7-6-8-10-15/h6-10,14,16,23H,4-5,11-13H2,1-3H3/t16-,19+,20+/m0/s1. The van der Waals surface area contributed by atoms with Gasteiger partial charge in [0.25, 0.3) is 0 Å². The fourth-order valence-electron chi connectivity index (χ4n) is 4.66. The number of para-hydroxylation sites is 1. The van der Waals surface area contributed by atoms with Crippen LogP contribution in [0.1, 0.15) is 46.5 Å². The molecule has 0 saturated carbocycles. The zero-order valence-electron chi connectivity index (χ0n) is 14.4. The van der Waals surface area contributed by atoms with Crippen molar-refractivity contribution in [1.82, 2.24) is 0 Å². The number of carbonyl (C=O) groups is 1. The number of hydrogen-bond acceptors (Lipinski definition) is 3. The molecule has 0 unspecified atom stereocenters. The average Bonchev–Trinajstić information content (AvgIpc) is 2.88. The van der Waals surface area contributed by atoms with Crippen LogP contribution in [0.3, 0.4) is 0 Å². The van der Waals surface area contributed by atoms with E-state index in [0.29, 0.717) is 12.8 Å². The van der Waals surface area contributed by atoms with Crippen LogP contribution in [0.25, 0.3) is 0 Å². The van der Waals surface area contributed by atoms with E-state index in [-0.39, 0.29) is 17.1 Å². The number of nitrogens with zero attached hydrogens (tertiary/aromatic N) is 1. The van der Waals surface area contributed by atoms with E-state index >= 15 is 0 Å². The summed E-state index contributed by atoms with van der Waals surface area (Å²) in [7, 11) is 0. The number of fused-ring (bicyclic) bond motifs is 1. The van der Waals surface area contributed by atoms with E-state index in [4.69, 9.17) is 0 Å². The lowest BCUT2D eigenvalue weighted by Crippen LogP contribution is -2.57. The third-order valence-corrected chi connectivity index (χ3v) is 5.95. The smallest absolute Gasteiger partial charge is 0.163 e. The molecule has 124 valence electrons. The van der Waals surface area contributed by atoms with Crippen LogP contribution in [0, 0.1) is 11.3 Å². The van der Waals surface area contributed by atoms with E-state index in [9.17, 15) is 9.90 Å². The Morgan fingerprint density at radius 1 is 1.26 bits per heavy atom. The maximum Gasteiger partial charge on any atom is 0.163 e. The van der Waals surface area contributed by atoms with Gasteiger partial charge in [-0.15, -0.1) is 0 Å². The van der Waals surface area contributed by atoms with Crippen molar-refractivity contribution >= 4 is 11.5 Å². The van der Waals surface area contributed by atoms with E-state index in [0.717, 1.165) is 30.8 Å². The van der Waals surface area contributed by atoms with Gasteiger partial charge in [-0.2, -0.15) is 0 Å². The molecule has 0 aromatic heterocycles. The number of rotatable bonds is 4. The van der Waals surface area contributed by atoms with Gasteiger partial charge in [0.15, 0.2) is 5.78 Å². The van der Waals surface area contributed by atoms with Crippen molar-refractivity contribution in [2.75, 3.05) is 11.4 Å². The minimum Gasteiger partial charge on any atom is -0.388 e. The summed E-state index contributed by atoms with van der Waals surface area (Å²) in [5.41, 5.74) is 0.799. The normalized spacial score (nSPS) is 33.6. The van der Waals surface area contributed by atoms with Gasteiger partial charge < -0.3 is 10.0 Å². The van der Waals surface area contributed by atoms with Crippen LogP contribution in [0.5, 0.6) is 0 Å². The molecule has 2 aliphatic rings. The monoisotopic (exact) mass is 313 g/mol. The summed E-state index contributed by atoms with van der Waals surface area (Å²) in [4.78, 5) is 14.9. The van der Waals surface area contributed by atoms with E-state index in [1.54, 1.807) is 6.08 Å². The lowest BCUT2D eigenvalue weighted by atomic mass is 9.58. The molecule has 1 aliphatic carbocycles. The number of aliphatic hydroxyl groups is 1. The third-order valence-electron chi connectivity index (χ3n) is 5.95. The first-order valence-electron chi connectivity index (χ1n) is 8.79. The van der Waals surface area contributed by atoms with Crippen molar-refractivity contribution in [2.45, 2.75) is 52.1 Å². The van der Waals surface area contributed by atoms with Crippen molar-refractivity contribution in [2.24, 2.45) is 11.3 Å². The largest absolute Gasteiger partial charge is 0.388 e. The molecule has 3 heteroatoms. The fourth-order valence-corrected chi connectivity index (χ4v) is 4.66. The van der Waals surface area contributed by atoms with Gasteiger partial charge in [-0.05, 0) is 31.4 Å². The molecule has 1 aliphatic heterocycles. The summed E-state index contributed by atoms with van der Waals surface area (Å²) in [5, 5.41) is 11.6. The Bertz CT molecular complexity index is 624. The molecule has 1 heterocycles. The highest BCUT2D eigenvalue weighted by Gasteiger charge is 2.60. The summed E-state index contributed by atoms with van der Waals surface area (Å²) >= 11 is 0. The van der Waals surface area contributed by atoms with Crippen molar-refractivity contribution < 1.29 is 9.90 Å². The zero-order valence-corrected chi connectivity index (χ0v) is 14.4. The van der Waals surface area contributed by atoms with Gasteiger partial charge in [0, 0.05) is 29.4 Å². The highest BCUT2D eigenvalue weighted by atomic mass is 16.3. The van der Waals surface area contributed by atoms with Crippen molar-refractivity contribution in [3.8, 4) is 0 Å². The summed E-state index contributed by atoms with van der Waals surface area (Å²) in [5.74, 6) is -0.203. The number of carbonyl (C=O) groups excluding carboxylic acids is 1. The Morgan fingerprint density at radius 2 is 1.96 bits per heavy atom. The lowest BCUT2D eigenvalue weighted by Gasteiger charge is -2.50. The highest BCUT2D eigenvalue weighted by molar-refractivity contribution is 5.96. The minimum absolute atomic E-state index is 0.0822. The first-order chi connectivity index (χ1) is 11.0. The second-order valence-corrected chi connectivity index (χ2v) is 7.14. The van der Waals surface area contributed by atoms with Crippen LogP contribution < -0.4 is 4.90 Å². The number of ketones is 1. The Labute approximate surface area is 139 Å². The highest BCUT2D eigenvalue weighted by Crippen LogP contribution is 2.57. The van der Waals surface area contributed by atoms with Crippen molar-refractivity contribution in [1.29, 1.82) is 0 Å². The third kappa shape index (κ3) is 2.25. The second-order valence-electron chi connectivity index (χ2n) is 7.14. The Morgan fingerprint density at radius 3 is 2.57 bits per heavy atom. The molecule has 3 rings (SSSR count). The van der Waals surface area contributed by atoms with E-state index in [1.165, 1.54) is 0 Å². The average molecular weight is 313 g/mol. The van der Waals surface area contributed by atoms with Crippen LogP contribution in [0.2, 0.25) is 0 Å². The van der Waals surface area contributed by atoms with Gasteiger partial charge in [0.2, 0.25) is 0 Å². The molecule has 1 N–H and O–H groups in total. The quantitative estimate of drug-likeness (QED) is 0.915. The minimum atomic E-state index is -0.943. The molecule has 3 nitrogen and oxygen atoms in total. The molecule has 0 spiro atoms. The number of anilines is 1. The van der Waals surface area contributed by atoms with Gasteiger partial charge >= 0.3 is 0 Å². The number of allylic oxidation sites excluding steroid dienone is 1. The van der Waals surface area contributed by atoms with E-state index in [1.807, 2.05) is 25.1 Å². The van der Waals surface area contributed by atoms with Crippen LogP contribution in [0.4, 0.5) is 5.69 Å². The first kappa shape index (κ1) is 16.3. The molecule has 0 amide bonds. The topological polar surface area (TPSA) is 40.5 Å². The summed E-state index contributed by atoms with van der Waals surface area (Å²) in [6.45, 7) is 7.09. The predicted molar refractivity (Wildman–Crippen MR) is 93.2 cm³/mol. The molecule has 1 aromatic carbocycles. The molecule has 0 bridgehead atoms. The summed E-state index contributed by atoms with van der Waals surface area (Å²) < 4.78 is 0. The van der Waals surface area contributed by atoms with E-state index < -0.39 is 5.60 Å². The van der Waals surface area contributed by atoms with Gasteiger partial charge in [0.1, 0.15) is 0 Å². The SMILES string of the molecule is CCC[C@@]1(O)[C@@H](CC)C(=O)C=C2N(c3ccccc3)CC[C@]21C.